The molecule has 0 spiro atoms. The molecule has 15 nitrogen and oxygen atoms in total. The standard InChI is InChI=1S/C15H20F3N7O8S4/c1-8(26)25(37(32,33)7-15(16,17)18)9-10(27)23-4-14(12(28)29,5-34-11(9)23)6-35-13-20-21-22-24(13)2-3-36(19,30)31/h9,11H,2-7H2,1H3,(H,28,29)(H2,19,30,31)/t9?,11-,14?/m1/s1. The summed E-state index contributed by atoms with van der Waals surface area (Å²) in [6.07, 6.45) is -5.15. The number of carboxylic acid groups (broad SMARTS) is 1. The number of β-lactam (4-membered cyclic amide) rings is 1. The molecule has 22 heteroatoms. The third kappa shape index (κ3) is 6.46. The number of rotatable bonds is 10. The smallest absolute Gasteiger partial charge is 0.404 e. The van der Waals surface area contributed by atoms with Crippen LogP contribution in [0.5, 0.6) is 0 Å². The fourth-order valence-corrected chi connectivity index (χ4v) is 8.47. The van der Waals surface area contributed by atoms with E-state index in [1.807, 2.05) is 0 Å². The Bertz CT molecular complexity index is 1300. The highest BCUT2D eigenvalue weighted by Crippen LogP contribution is 2.46. The molecule has 1 aromatic rings. The summed E-state index contributed by atoms with van der Waals surface area (Å²) in [5.74, 6) is -6.82. The minimum Gasteiger partial charge on any atom is -0.481 e. The van der Waals surface area contributed by atoms with Gasteiger partial charge in [-0.15, -0.1) is 16.9 Å². The number of aryl methyl sites for hydroxylation is 1. The molecule has 0 saturated carbocycles. The fourth-order valence-electron chi connectivity index (χ4n) is 3.66. The van der Waals surface area contributed by atoms with Crippen LogP contribution in [0.25, 0.3) is 0 Å². The summed E-state index contributed by atoms with van der Waals surface area (Å²) in [5.41, 5.74) is -1.60. The lowest BCUT2D eigenvalue weighted by Gasteiger charge is -2.55. The number of amides is 2. The molecular formula is C15H20F3N7O8S4. The summed E-state index contributed by atoms with van der Waals surface area (Å²) in [6.45, 7) is 0.0897. The van der Waals surface area contributed by atoms with Gasteiger partial charge >= 0.3 is 12.1 Å². The molecule has 0 radical (unpaired) electrons. The number of fused-ring (bicyclic) bond motifs is 1. The normalized spacial score (nSPS) is 24.4. The molecule has 2 aliphatic heterocycles. The Labute approximate surface area is 216 Å². The number of hydrogen-bond acceptors (Lipinski definition) is 12. The molecule has 2 amide bonds. The number of primary sulfonamides is 1. The molecule has 1 aromatic heterocycles. The topological polar surface area (TPSA) is 216 Å². The van der Waals surface area contributed by atoms with Gasteiger partial charge in [-0.3, -0.25) is 14.4 Å². The van der Waals surface area contributed by atoms with Crippen LogP contribution < -0.4 is 5.14 Å². The third-order valence-corrected chi connectivity index (χ3v) is 10.7. The van der Waals surface area contributed by atoms with Crippen molar-refractivity contribution in [2.75, 3.05) is 29.6 Å². The number of alkyl halides is 3. The van der Waals surface area contributed by atoms with Gasteiger partial charge in [-0.2, -0.15) is 13.2 Å². The van der Waals surface area contributed by atoms with E-state index in [9.17, 15) is 49.5 Å². The lowest BCUT2D eigenvalue weighted by atomic mass is 9.89. The molecule has 37 heavy (non-hydrogen) atoms. The van der Waals surface area contributed by atoms with Crippen LogP contribution in [0.3, 0.4) is 0 Å². The molecule has 208 valence electrons. The first kappa shape index (κ1) is 29.4. The van der Waals surface area contributed by atoms with Crippen LogP contribution in [0.15, 0.2) is 5.16 Å². The van der Waals surface area contributed by atoms with E-state index in [2.05, 4.69) is 15.5 Å². The van der Waals surface area contributed by atoms with E-state index in [1.54, 1.807) is 0 Å². The number of aliphatic carboxylic acids is 1. The first-order valence-electron chi connectivity index (χ1n) is 10.0. The number of nitrogens with two attached hydrogens (primary N) is 1. The summed E-state index contributed by atoms with van der Waals surface area (Å²) in [7, 11) is -9.06. The van der Waals surface area contributed by atoms with Gasteiger partial charge in [0.15, 0.2) is 11.8 Å². The van der Waals surface area contributed by atoms with Gasteiger partial charge in [0.25, 0.3) is 5.91 Å². The average Bonchev–Trinajstić information content (AvgIpc) is 3.19. The number of carboxylic acids is 1. The van der Waals surface area contributed by atoms with E-state index >= 15 is 0 Å². The molecule has 3 atom stereocenters. The van der Waals surface area contributed by atoms with Crippen molar-refractivity contribution in [3.63, 3.8) is 0 Å². The lowest BCUT2D eigenvalue weighted by molar-refractivity contribution is -0.161. The minimum atomic E-state index is -5.23. The number of carbonyl (C=O) groups excluding carboxylic acids is 2. The molecule has 3 rings (SSSR count). The zero-order chi connectivity index (χ0) is 28.0. The van der Waals surface area contributed by atoms with Crippen LogP contribution in [0.1, 0.15) is 6.92 Å². The van der Waals surface area contributed by atoms with Crippen LogP contribution in [-0.4, -0.2) is 116 Å². The van der Waals surface area contributed by atoms with Crippen LogP contribution in [0.4, 0.5) is 13.2 Å². The summed E-state index contributed by atoms with van der Waals surface area (Å²) in [6, 6.07) is -1.74. The molecule has 2 unspecified atom stereocenters. The molecule has 0 bridgehead atoms. The van der Waals surface area contributed by atoms with Gasteiger partial charge in [0.1, 0.15) is 10.8 Å². The molecule has 3 N–H and O–H groups in total. The summed E-state index contributed by atoms with van der Waals surface area (Å²) in [5, 5.41) is 24.6. The van der Waals surface area contributed by atoms with Gasteiger partial charge in [-0.1, -0.05) is 11.8 Å². The predicted octanol–water partition coefficient (Wildman–Crippen LogP) is -1.85. The number of aromatic nitrogens is 4. The van der Waals surface area contributed by atoms with Crippen molar-refractivity contribution in [1.29, 1.82) is 0 Å². The summed E-state index contributed by atoms with van der Waals surface area (Å²) < 4.78 is 86.3. The number of nitrogens with zero attached hydrogens (tertiary/aromatic N) is 6. The van der Waals surface area contributed by atoms with Crippen molar-refractivity contribution in [1.82, 2.24) is 29.4 Å². The first-order chi connectivity index (χ1) is 16.9. The summed E-state index contributed by atoms with van der Waals surface area (Å²) >= 11 is 1.67. The predicted molar refractivity (Wildman–Crippen MR) is 121 cm³/mol. The Morgan fingerprint density at radius 3 is 2.51 bits per heavy atom. The number of tetrazole rings is 1. The molecule has 0 aliphatic carbocycles. The lowest BCUT2D eigenvalue weighted by Crippen LogP contribution is -2.75. The van der Waals surface area contributed by atoms with Gasteiger partial charge in [0.05, 0.1) is 12.3 Å². The molecule has 0 aromatic carbocycles. The number of thioether (sulfide) groups is 2. The Hall–Kier alpha value is -2.17. The van der Waals surface area contributed by atoms with Crippen LogP contribution >= 0.6 is 23.5 Å². The summed E-state index contributed by atoms with van der Waals surface area (Å²) in [4.78, 5) is 38.0. The molecular weight excluding hydrogens is 591 g/mol. The fraction of sp³-hybridized carbons (Fsp3) is 0.733. The van der Waals surface area contributed by atoms with E-state index in [0.29, 0.717) is 0 Å². The largest absolute Gasteiger partial charge is 0.481 e. The van der Waals surface area contributed by atoms with Crippen LogP contribution in [0.2, 0.25) is 0 Å². The van der Waals surface area contributed by atoms with Crippen molar-refractivity contribution in [3.8, 4) is 0 Å². The maximum Gasteiger partial charge on any atom is 0.404 e. The van der Waals surface area contributed by atoms with E-state index in [-0.39, 0.29) is 27.5 Å². The molecule has 2 saturated heterocycles. The van der Waals surface area contributed by atoms with E-state index < -0.39 is 78.9 Å². The SMILES string of the molecule is CC(=O)N(C1C(=O)N2CC(CSc3nnnn3CCS(N)(=O)=O)(C(=O)O)CS[C@H]12)S(=O)(=O)CC(F)(F)F. The Morgan fingerprint density at radius 2 is 1.97 bits per heavy atom. The second-order valence-electron chi connectivity index (χ2n) is 8.22. The Kier molecular flexibility index (Phi) is 8.09. The quantitative estimate of drug-likeness (QED) is 0.220. The highest BCUT2D eigenvalue weighted by Gasteiger charge is 2.61. The minimum absolute atomic E-state index is 0.0743. The van der Waals surface area contributed by atoms with E-state index in [0.717, 1.165) is 40.0 Å². The monoisotopic (exact) mass is 611 g/mol. The van der Waals surface area contributed by atoms with Crippen molar-refractivity contribution in [2.24, 2.45) is 10.6 Å². The number of sulfonamides is 2. The molecule has 3 heterocycles. The van der Waals surface area contributed by atoms with Gasteiger partial charge in [0.2, 0.25) is 31.1 Å². The van der Waals surface area contributed by atoms with Crippen LogP contribution in [0, 0.1) is 5.41 Å². The zero-order valence-electron chi connectivity index (χ0n) is 18.7. The second-order valence-corrected chi connectivity index (χ2v) is 13.9. The van der Waals surface area contributed by atoms with Gasteiger partial charge in [-0.25, -0.2) is 31.0 Å². The number of halogens is 3. The number of carbonyl (C=O) groups is 3. The van der Waals surface area contributed by atoms with E-state index in [4.69, 9.17) is 5.14 Å². The van der Waals surface area contributed by atoms with Crippen molar-refractivity contribution in [2.45, 2.75) is 36.2 Å². The van der Waals surface area contributed by atoms with Gasteiger partial charge in [-0.05, 0) is 10.4 Å². The van der Waals surface area contributed by atoms with Crippen molar-refractivity contribution in [3.05, 3.63) is 0 Å². The first-order valence-corrected chi connectivity index (χ1v) is 15.4. The maximum absolute atomic E-state index is 12.8. The van der Waals surface area contributed by atoms with Crippen molar-refractivity contribution < 1.29 is 49.5 Å². The van der Waals surface area contributed by atoms with Gasteiger partial charge < -0.3 is 10.0 Å². The average molecular weight is 612 g/mol. The Balaban J connectivity index is 1.76. The number of hydrogen-bond donors (Lipinski definition) is 2. The molecule has 2 fully saturated rings. The van der Waals surface area contributed by atoms with Crippen molar-refractivity contribution >= 4 is 61.4 Å². The maximum atomic E-state index is 12.8. The highest BCUT2D eigenvalue weighted by molar-refractivity contribution is 8.00. The third-order valence-electron chi connectivity index (χ3n) is 5.34. The Morgan fingerprint density at radius 1 is 1.32 bits per heavy atom. The second kappa shape index (κ2) is 10.2. The van der Waals surface area contributed by atoms with E-state index in [1.165, 1.54) is 0 Å². The van der Waals surface area contributed by atoms with Gasteiger partial charge in [0, 0.05) is 25.0 Å². The zero-order valence-corrected chi connectivity index (χ0v) is 22.0. The van der Waals surface area contributed by atoms with Crippen LogP contribution in [-0.2, 0) is 41.0 Å². The molecule has 2 aliphatic rings. The highest BCUT2D eigenvalue weighted by atomic mass is 32.2.